The highest BCUT2D eigenvalue weighted by Crippen LogP contribution is 2.18. The second kappa shape index (κ2) is 9.25. The summed E-state index contributed by atoms with van der Waals surface area (Å²) >= 11 is 5.83. The number of amides is 2. The van der Waals surface area contributed by atoms with Gasteiger partial charge in [-0.2, -0.15) is 0 Å². The molecule has 6 heteroatoms. The number of rotatable bonds is 7. The maximum atomic E-state index is 12.2. The third-order valence-corrected chi connectivity index (χ3v) is 3.78. The molecule has 0 aliphatic carbocycles. The van der Waals surface area contributed by atoms with Crippen LogP contribution in [0.25, 0.3) is 0 Å². The van der Waals surface area contributed by atoms with Crippen molar-refractivity contribution in [3.8, 4) is 5.75 Å². The summed E-state index contributed by atoms with van der Waals surface area (Å²) in [5.74, 6) is 0.578. The second-order valence-electron chi connectivity index (χ2n) is 6.43. The Labute approximate surface area is 158 Å². The number of ether oxygens (including phenoxy) is 1. The highest BCUT2D eigenvalue weighted by atomic mass is 35.5. The molecule has 5 nitrogen and oxygen atoms in total. The van der Waals surface area contributed by atoms with Crippen molar-refractivity contribution in [3.05, 3.63) is 53.6 Å². The first kappa shape index (κ1) is 19.8. The lowest BCUT2D eigenvalue weighted by Crippen LogP contribution is -2.30. The van der Waals surface area contributed by atoms with E-state index in [1.54, 1.807) is 55.5 Å². The normalized spacial score (nSPS) is 11.7. The van der Waals surface area contributed by atoms with Gasteiger partial charge in [-0.05, 0) is 61.4 Å². The van der Waals surface area contributed by atoms with Crippen LogP contribution in [0.4, 0.5) is 11.4 Å². The molecular weight excluding hydrogens is 352 g/mol. The molecule has 0 saturated heterocycles. The summed E-state index contributed by atoms with van der Waals surface area (Å²) in [7, 11) is 0. The van der Waals surface area contributed by atoms with Gasteiger partial charge in [-0.25, -0.2) is 0 Å². The summed E-state index contributed by atoms with van der Waals surface area (Å²) in [6.07, 6.45) is -0.195. The number of hydrogen-bond donors (Lipinski definition) is 2. The largest absolute Gasteiger partial charge is 0.481 e. The van der Waals surface area contributed by atoms with E-state index in [1.165, 1.54) is 0 Å². The van der Waals surface area contributed by atoms with Crippen molar-refractivity contribution in [3.63, 3.8) is 0 Å². The lowest BCUT2D eigenvalue weighted by molar-refractivity contribution is -0.122. The van der Waals surface area contributed by atoms with Crippen molar-refractivity contribution in [1.82, 2.24) is 0 Å². The summed E-state index contributed by atoms with van der Waals surface area (Å²) in [6, 6.07) is 13.8. The Morgan fingerprint density at radius 1 is 0.923 bits per heavy atom. The SMILES string of the molecule is CC(C)CC(=O)Nc1ccc(NC(=O)C(C)Oc2ccc(Cl)cc2)cc1. The number of nitrogens with one attached hydrogen (secondary N) is 2. The molecule has 0 aliphatic heterocycles. The number of carbonyl (C=O) groups is 2. The van der Waals surface area contributed by atoms with E-state index < -0.39 is 6.10 Å². The van der Waals surface area contributed by atoms with Crippen LogP contribution >= 0.6 is 11.6 Å². The summed E-state index contributed by atoms with van der Waals surface area (Å²) in [6.45, 7) is 5.65. The van der Waals surface area contributed by atoms with Crippen LogP contribution in [-0.2, 0) is 9.59 Å². The maximum absolute atomic E-state index is 12.2. The Hall–Kier alpha value is -2.53. The van der Waals surface area contributed by atoms with Crippen molar-refractivity contribution in [2.75, 3.05) is 10.6 Å². The zero-order valence-electron chi connectivity index (χ0n) is 15.1. The van der Waals surface area contributed by atoms with Crippen LogP contribution in [0.3, 0.4) is 0 Å². The van der Waals surface area contributed by atoms with Crippen LogP contribution < -0.4 is 15.4 Å². The number of anilines is 2. The van der Waals surface area contributed by atoms with Gasteiger partial charge in [0.2, 0.25) is 5.91 Å². The number of benzene rings is 2. The number of hydrogen-bond acceptors (Lipinski definition) is 3. The fourth-order valence-electron chi connectivity index (χ4n) is 2.23. The van der Waals surface area contributed by atoms with Gasteiger partial charge in [0.25, 0.3) is 5.91 Å². The average molecular weight is 375 g/mol. The fourth-order valence-corrected chi connectivity index (χ4v) is 2.36. The van der Waals surface area contributed by atoms with Gasteiger partial charge in [0.1, 0.15) is 5.75 Å². The molecule has 0 radical (unpaired) electrons. The molecule has 138 valence electrons. The molecule has 0 spiro atoms. The van der Waals surface area contributed by atoms with Gasteiger partial charge in [0.05, 0.1) is 0 Å². The van der Waals surface area contributed by atoms with Gasteiger partial charge >= 0.3 is 0 Å². The lowest BCUT2D eigenvalue weighted by Gasteiger charge is -2.15. The Balaban J connectivity index is 1.88. The predicted octanol–water partition coefficient (Wildman–Crippen LogP) is 4.73. The zero-order chi connectivity index (χ0) is 19.1. The molecular formula is C20H23ClN2O3. The molecule has 2 amide bonds. The van der Waals surface area contributed by atoms with E-state index in [2.05, 4.69) is 10.6 Å². The highest BCUT2D eigenvalue weighted by molar-refractivity contribution is 6.30. The maximum Gasteiger partial charge on any atom is 0.265 e. The molecule has 0 heterocycles. The lowest BCUT2D eigenvalue weighted by atomic mass is 10.1. The van der Waals surface area contributed by atoms with Gasteiger partial charge in [0.15, 0.2) is 6.10 Å². The molecule has 2 N–H and O–H groups in total. The molecule has 2 aromatic carbocycles. The van der Waals surface area contributed by atoms with E-state index in [0.29, 0.717) is 34.5 Å². The third-order valence-electron chi connectivity index (χ3n) is 3.53. The van der Waals surface area contributed by atoms with Crippen LogP contribution in [0, 0.1) is 5.92 Å². The Kier molecular flexibility index (Phi) is 7.04. The van der Waals surface area contributed by atoms with Gasteiger partial charge < -0.3 is 15.4 Å². The topological polar surface area (TPSA) is 67.4 Å². The van der Waals surface area contributed by atoms with Gasteiger partial charge in [0, 0.05) is 22.8 Å². The minimum absolute atomic E-state index is 0.0261. The van der Waals surface area contributed by atoms with Crippen LogP contribution in [0.5, 0.6) is 5.75 Å². The number of halogens is 1. The molecule has 26 heavy (non-hydrogen) atoms. The molecule has 2 rings (SSSR count). The van der Waals surface area contributed by atoms with Gasteiger partial charge in [-0.15, -0.1) is 0 Å². The highest BCUT2D eigenvalue weighted by Gasteiger charge is 2.15. The Morgan fingerprint density at radius 2 is 1.46 bits per heavy atom. The molecule has 0 fully saturated rings. The van der Waals surface area contributed by atoms with Gasteiger partial charge in [-0.1, -0.05) is 25.4 Å². The zero-order valence-corrected chi connectivity index (χ0v) is 15.8. The Bertz CT molecular complexity index is 743. The van der Waals surface area contributed by atoms with Crippen LogP contribution in [0.1, 0.15) is 27.2 Å². The average Bonchev–Trinajstić information content (AvgIpc) is 2.58. The summed E-state index contributed by atoms with van der Waals surface area (Å²) < 4.78 is 5.59. The molecule has 0 bridgehead atoms. The molecule has 1 atom stereocenters. The minimum Gasteiger partial charge on any atom is -0.481 e. The third kappa shape index (κ3) is 6.41. The van der Waals surface area contributed by atoms with E-state index >= 15 is 0 Å². The smallest absolute Gasteiger partial charge is 0.265 e. The van der Waals surface area contributed by atoms with Crippen LogP contribution in [0.15, 0.2) is 48.5 Å². The van der Waals surface area contributed by atoms with E-state index in [-0.39, 0.29) is 11.8 Å². The molecule has 1 unspecified atom stereocenters. The van der Waals surface area contributed by atoms with Crippen molar-refractivity contribution in [2.45, 2.75) is 33.3 Å². The van der Waals surface area contributed by atoms with E-state index in [0.717, 1.165) is 0 Å². The van der Waals surface area contributed by atoms with E-state index in [4.69, 9.17) is 16.3 Å². The summed E-state index contributed by atoms with van der Waals surface area (Å²) in [4.78, 5) is 24.0. The standard InChI is InChI=1S/C20H23ClN2O3/c1-13(2)12-19(24)22-16-6-8-17(9-7-16)23-20(25)14(3)26-18-10-4-15(21)5-11-18/h4-11,13-14H,12H2,1-3H3,(H,22,24)(H,23,25). The van der Waals surface area contributed by atoms with Crippen molar-refractivity contribution < 1.29 is 14.3 Å². The minimum atomic E-state index is -0.665. The number of carbonyl (C=O) groups excluding carboxylic acids is 2. The Morgan fingerprint density at radius 3 is 2.00 bits per heavy atom. The van der Waals surface area contributed by atoms with Crippen molar-refractivity contribution >= 4 is 34.8 Å². The van der Waals surface area contributed by atoms with Crippen LogP contribution in [-0.4, -0.2) is 17.9 Å². The molecule has 0 saturated carbocycles. The van der Waals surface area contributed by atoms with Crippen molar-refractivity contribution in [2.24, 2.45) is 5.92 Å². The molecule has 0 aliphatic rings. The monoisotopic (exact) mass is 374 g/mol. The fraction of sp³-hybridized carbons (Fsp3) is 0.300. The first-order valence-electron chi connectivity index (χ1n) is 8.46. The molecule has 0 aromatic heterocycles. The van der Waals surface area contributed by atoms with Crippen LogP contribution in [0.2, 0.25) is 5.02 Å². The van der Waals surface area contributed by atoms with Crippen molar-refractivity contribution in [1.29, 1.82) is 0 Å². The second-order valence-corrected chi connectivity index (χ2v) is 6.86. The predicted molar refractivity (Wildman–Crippen MR) is 105 cm³/mol. The first-order chi connectivity index (χ1) is 12.3. The van der Waals surface area contributed by atoms with Gasteiger partial charge in [-0.3, -0.25) is 9.59 Å². The molecule has 2 aromatic rings. The summed E-state index contributed by atoms with van der Waals surface area (Å²) in [5, 5.41) is 6.22. The van der Waals surface area contributed by atoms with E-state index in [9.17, 15) is 9.59 Å². The summed E-state index contributed by atoms with van der Waals surface area (Å²) in [5.41, 5.74) is 1.32. The quantitative estimate of drug-likeness (QED) is 0.736. The first-order valence-corrected chi connectivity index (χ1v) is 8.84. The van der Waals surface area contributed by atoms with E-state index in [1.807, 2.05) is 13.8 Å².